The molecule has 0 atom stereocenters. The van der Waals surface area contributed by atoms with Crippen LogP contribution in [0.5, 0.6) is 5.75 Å². The normalized spacial score (nSPS) is 14.4. The first-order valence-electron chi connectivity index (χ1n) is 9.36. The van der Waals surface area contributed by atoms with Crippen LogP contribution in [0.1, 0.15) is 39.0 Å². The van der Waals surface area contributed by atoms with Crippen molar-refractivity contribution in [2.24, 2.45) is 7.05 Å². The Hall–Kier alpha value is -2.76. The Bertz CT molecular complexity index is 831. The van der Waals surface area contributed by atoms with Crippen LogP contribution in [0, 0.1) is 13.8 Å². The van der Waals surface area contributed by atoms with Crippen molar-refractivity contribution in [1.82, 2.24) is 14.4 Å². The Morgan fingerprint density at radius 3 is 2.00 bits per heavy atom. The topological polar surface area (TPSA) is 54.8 Å². The lowest BCUT2D eigenvalue weighted by atomic mass is 10.1. The molecule has 0 aliphatic carbocycles. The second-order valence-electron chi connectivity index (χ2n) is 6.89. The number of amides is 2. The molecule has 3 rings (SSSR count). The predicted molar refractivity (Wildman–Crippen MR) is 104 cm³/mol. The Kier molecular flexibility index (Phi) is 5.54. The maximum atomic E-state index is 12.8. The van der Waals surface area contributed by atoms with Crippen molar-refractivity contribution < 1.29 is 14.3 Å². The first-order valence-corrected chi connectivity index (χ1v) is 9.36. The van der Waals surface area contributed by atoms with Gasteiger partial charge in [-0.1, -0.05) is 0 Å². The van der Waals surface area contributed by atoms with E-state index in [0.717, 1.165) is 22.7 Å². The third-order valence-electron chi connectivity index (χ3n) is 5.27. The van der Waals surface area contributed by atoms with Gasteiger partial charge in [0.05, 0.1) is 12.2 Å². The highest BCUT2D eigenvalue weighted by Gasteiger charge is 2.27. The smallest absolute Gasteiger partial charge is 0.255 e. The highest BCUT2D eigenvalue weighted by molar-refractivity contribution is 5.97. The van der Waals surface area contributed by atoms with Crippen molar-refractivity contribution in [3.8, 4) is 5.75 Å². The summed E-state index contributed by atoms with van der Waals surface area (Å²) in [6.07, 6.45) is 0. The van der Waals surface area contributed by atoms with Gasteiger partial charge in [-0.25, -0.2) is 0 Å². The number of rotatable bonds is 4. The molecule has 1 fully saturated rings. The van der Waals surface area contributed by atoms with Crippen molar-refractivity contribution in [2.75, 3.05) is 32.8 Å². The van der Waals surface area contributed by atoms with Crippen LogP contribution in [-0.4, -0.2) is 59.0 Å². The van der Waals surface area contributed by atoms with Crippen molar-refractivity contribution >= 4 is 11.8 Å². The lowest BCUT2D eigenvalue weighted by molar-refractivity contribution is 0.0535. The molecule has 1 aliphatic heterocycles. The highest BCUT2D eigenvalue weighted by atomic mass is 16.5. The molecule has 2 aromatic rings. The second-order valence-corrected chi connectivity index (χ2v) is 6.89. The van der Waals surface area contributed by atoms with E-state index in [1.54, 1.807) is 12.1 Å². The molecule has 6 heteroatoms. The Morgan fingerprint density at radius 1 is 0.963 bits per heavy atom. The van der Waals surface area contributed by atoms with E-state index in [1.807, 2.05) is 60.4 Å². The second kappa shape index (κ2) is 7.86. The maximum absolute atomic E-state index is 12.8. The van der Waals surface area contributed by atoms with Gasteiger partial charge in [0.15, 0.2) is 0 Å². The van der Waals surface area contributed by atoms with Gasteiger partial charge >= 0.3 is 0 Å². The third-order valence-corrected chi connectivity index (χ3v) is 5.27. The number of carbonyl (C=O) groups excluding carboxylic acids is 2. The molecule has 2 amide bonds. The quantitative estimate of drug-likeness (QED) is 0.833. The summed E-state index contributed by atoms with van der Waals surface area (Å²) in [6, 6.07) is 9.16. The number of piperazine rings is 1. The van der Waals surface area contributed by atoms with E-state index < -0.39 is 0 Å². The number of hydrogen-bond acceptors (Lipinski definition) is 3. The fraction of sp³-hybridized carbons (Fsp3) is 0.429. The molecule has 2 heterocycles. The van der Waals surface area contributed by atoms with E-state index in [9.17, 15) is 9.59 Å². The summed E-state index contributed by atoms with van der Waals surface area (Å²) < 4.78 is 7.44. The molecule has 0 saturated carbocycles. The van der Waals surface area contributed by atoms with Crippen molar-refractivity contribution in [2.45, 2.75) is 20.8 Å². The van der Waals surface area contributed by atoms with Crippen molar-refractivity contribution in [3.63, 3.8) is 0 Å². The first-order chi connectivity index (χ1) is 12.9. The average Bonchev–Trinajstić information content (AvgIpc) is 2.95. The monoisotopic (exact) mass is 369 g/mol. The summed E-state index contributed by atoms with van der Waals surface area (Å²) in [5.74, 6) is 0.805. The van der Waals surface area contributed by atoms with Crippen LogP contribution in [0.15, 0.2) is 30.3 Å². The summed E-state index contributed by atoms with van der Waals surface area (Å²) in [5.41, 5.74) is 3.44. The van der Waals surface area contributed by atoms with Gasteiger partial charge in [-0.05, 0) is 51.1 Å². The molecule has 1 saturated heterocycles. The van der Waals surface area contributed by atoms with Gasteiger partial charge in [-0.2, -0.15) is 0 Å². The average molecular weight is 369 g/mol. The summed E-state index contributed by atoms with van der Waals surface area (Å²) in [6.45, 7) is 8.68. The Balaban J connectivity index is 1.61. The van der Waals surface area contributed by atoms with E-state index in [4.69, 9.17) is 4.74 Å². The fourth-order valence-corrected chi connectivity index (χ4v) is 3.40. The number of nitrogens with zero attached hydrogens (tertiary/aromatic N) is 3. The molecule has 0 unspecified atom stereocenters. The van der Waals surface area contributed by atoms with E-state index >= 15 is 0 Å². The zero-order valence-electron chi connectivity index (χ0n) is 16.5. The minimum atomic E-state index is -0.00289. The first kappa shape index (κ1) is 19.0. The minimum Gasteiger partial charge on any atom is -0.494 e. The number of aromatic nitrogens is 1. The van der Waals surface area contributed by atoms with Crippen molar-refractivity contribution in [3.05, 3.63) is 52.8 Å². The molecular formula is C21H27N3O3. The molecular weight excluding hydrogens is 342 g/mol. The third kappa shape index (κ3) is 3.84. The lowest BCUT2D eigenvalue weighted by Crippen LogP contribution is -2.50. The number of carbonyl (C=O) groups is 2. The molecule has 0 spiro atoms. The summed E-state index contributed by atoms with van der Waals surface area (Å²) in [5, 5.41) is 0. The van der Waals surface area contributed by atoms with Gasteiger partial charge in [-0.3, -0.25) is 9.59 Å². The number of hydrogen-bond donors (Lipinski definition) is 0. The lowest BCUT2D eigenvalue weighted by Gasteiger charge is -2.35. The van der Waals surface area contributed by atoms with Crippen LogP contribution in [0.2, 0.25) is 0 Å². The molecule has 144 valence electrons. The van der Waals surface area contributed by atoms with Gasteiger partial charge in [-0.15, -0.1) is 0 Å². The van der Waals surface area contributed by atoms with Gasteiger partial charge in [0.2, 0.25) is 0 Å². The van der Waals surface area contributed by atoms with Crippen LogP contribution >= 0.6 is 0 Å². The summed E-state index contributed by atoms with van der Waals surface area (Å²) in [4.78, 5) is 29.2. The SMILES string of the molecule is CCOc1ccc(C(=O)N2CCN(C(=O)c3cc(C)n(C)c3C)CC2)cc1. The molecule has 1 aromatic carbocycles. The summed E-state index contributed by atoms with van der Waals surface area (Å²) in [7, 11) is 1.97. The molecule has 0 N–H and O–H groups in total. The van der Waals surface area contributed by atoms with Crippen LogP contribution in [-0.2, 0) is 7.05 Å². The van der Waals surface area contributed by atoms with Crippen LogP contribution in [0.4, 0.5) is 0 Å². The van der Waals surface area contributed by atoms with E-state index in [-0.39, 0.29) is 11.8 Å². The molecule has 27 heavy (non-hydrogen) atoms. The highest BCUT2D eigenvalue weighted by Crippen LogP contribution is 2.18. The van der Waals surface area contributed by atoms with Crippen LogP contribution < -0.4 is 4.74 Å². The largest absolute Gasteiger partial charge is 0.494 e. The molecule has 6 nitrogen and oxygen atoms in total. The predicted octanol–water partition coefficient (Wildman–Crippen LogP) is 2.64. The van der Waals surface area contributed by atoms with Crippen LogP contribution in [0.25, 0.3) is 0 Å². The van der Waals surface area contributed by atoms with Gasteiger partial charge in [0.1, 0.15) is 5.75 Å². The Morgan fingerprint density at radius 2 is 1.52 bits per heavy atom. The number of ether oxygens (including phenoxy) is 1. The number of benzene rings is 1. The molecule has 0 radical (unpaired) electrons. The summed E-state index contributed by atoms with van der Waals surface area (Å²) >= 11 is 0. The standard InChI is InChI=1S/C21H27N3O3/c1-5-27-18-8-6-17(7-9-18)20(25)23-10-12-24(13-11-23)21(26)19-14-15(2)22(4)16(19)3/h6-9,14H,5,10-13H2,1-4H3. The number of aryl methyl sites for hydroxylation is 1. The van der Waals surface area contributed by atoms with Gasteiger partial charge in [0.25, 0.3) is 11.8 Å². The molecule has 0 bridgehead atoms. The zero-order chi connectivity index (χ0) is 19.6. The maximum Gasteiger partial charge on any atom is 0.255 e. The van der Waals surface area contributed by atoms with E-state index in [2.05, 4.69) is 0 Å². The van der Waals surface area contributed by atoms with Crippen molar-refractivity contribution in [1.29, 1.82) is 0 Å². The minimum absolute atomic E-state index is 0.00289. The van der Waals surface area contributed by atoms with Gasteiger partial charge in [0, 0.05) is 50.2 Å². The zero-order valence-corrected chi connectivity index (χ0v) is 16.5. The van der Waals surface area contributed by atoms with E-state index in [1.165, 1.54) is 0 Å². The Labute approximate surface area is 160 Å². The van der Waals surface area contributed by atoms with E-state index in [0.29, 0.717) is 38.3 Å². The fourth-order valence-electron chi connectivity index (χ4n) is 3.40. The van der Waals surface area contributed by atoms with Gasteiger partial charge < -0.3 is 19.1 Å². The van der Waals surface area contributed by atoms with Crippen LogP contribution in [0.3, 0.4) is 0 Å². The molecule has 1 aliphatic rings. The molecule has 1 aromatic heterocycles.